The van der Waals surface area contributed by atoms with Crippen molar-refractivity contribution in [1.82, 2.24) is 10.3 Å². The lowest BCUT2D eigenvalue weighted by Gasteiger charge is -2.18. The molecular weight excluding hydrogens is 338 g/mol. The maximum atomic E-state index is 12.8. The van der Waals surface area contributed by atoms with Crippen molar-refractivity contribution in [3.8, 4) is 5.75 Å². The quantitative estimate of drug-likeness (QED) is 0.538. The summed E-state index contributed by atoms with van der Waals surface area (Å²) in [4.78, 5) is 16.9. The number of aromatic nitrogens is 1. The SMILES string of the molecule is O=C(NCCNc1cccnc1)C(Cc1ccc(O)cc1)c1ccccc1. The highest BCUT2D eigenvalue weighted by atomic mass is 16.3. The van der Waals surface area contributed by atoms with Crippen molar-refractivity contribution >= 4 is 11.6 Å². The first-order chi connectivity index (χ1) is 13.2. The zero-order valence-corrected chi connectivity index (χ0v) is 15.0. The standard InChI is InChI=1S/C22H23N3O2/c26-20-10-8-17(9-11-20)15-21(18-5-2-1-3-6-18)22(27)25-14-13-24-19-7-4-12-23-16-19/h1-12,16,21,24,26H,13-15H2,(H,25,27). The van der Waals surface area contributed by atoms with Crippen molar-refractivity contribution in [2.75, 3.05) is 18.4 Å². The van der Waals surface area contributed by atoms with Gasteiger partial charge in [0, 0.05) is 25.5 Å². The number of carbonyl (C=O) groups is 1. The molecule has 3 rings (SSSR count). The molecule has 1 heterocycles. The van der Waals surface area contributed by atoms with E-state index < -0.39 is 0 Å². The molecule has 5 heteroatoms. The molecule has 5 nitrogen and oxygen atoms in total. The average Bonchev–Trinajstić information content (AvgIpc) is 2.72. The molecule has 0 aliphatic heterocycles. The molecule has 1 unspecified atom stereocenters. The maximum absolute atomic E-state index is 12.8. The Morgan fingerprint density at radius 2 is 1.74 bits per heavy atom. The topological polar surface area (TPSA) is 74.2 Å². The number of rotatable bonds is 8. The highest BCUT2D eigenvalue weighted by Crippen LogP contribution is 2.22. The van der Waals surface area contributed by atoms with E-state index in [4.69, 9.17) is 0 Å². The fourth-order valence-electron chi connectivity index (χ4n) is 2.90. The van der Waals surface area contributed by atoms with Crippen molar-refractivity contribution in [3.63, 3.8) is 0 Å². The lowest BCUT2D eigenvalue weighted by Crippen LogP contribution is -2.34. The van der Waals surface area contributed by atoms with Crippen molar-refractivity contribution in [1.29, 1.82) is 0 Å². The van der Waals surface area contributed by atoms with Crippen LogP contribution in [0.4, 0.5) is 5.69 Å². The van der Waals surface area contributed by atoms with Gasteiger partial charge in [-0.25, -0.2) is 0 Å². The van der Waals surface area contributed by atoms with Crippen LogP contribution in [0.1, 0.15) is 17.0 Å². The van der Waals surface area contributed by atoms with Gasteiger partial charge in [-0.15, -0.1) is 0 Å². The molecule has 0 radical (unpaired) electrons. The summed E-state index contributed by atoms with van der Waals surface area (Å²) >= 11 is 0. The number of nitrogens with one attached hydrogen (secondary N) is 2. The van der Waals surface area contributed by atoms with E-state index in [0.717, 1.165) is 16.8 Å². The highest BCUT2D eigenvalue weighted by Gasteiger charge is 2.20. The molecule has 0 fully saturated rings. The Labute approximate surface area is 159 Å². The predicted octanol–water partition coefficient (Wildman–Crippen LogP) is 3.34. The molecule has 0 aliphatic carbocycles. The minimum absolute atomic E-state index is 0.0118. The average molecular weight is 361 g/mol. The Kier molecular flexibility index (Phi) is 6.41. The van der Waals surface area contributed by atoms with Crippen molar-refractivity contribution in [3.05, 3.63) is 90.3 Å². The minimum Gasteiger partial charge on any atom is -0.508 e. The number of aromatic hydroxyl groups is 1. The van der Waals surface area contributed by atoms with E-state index in [1.165, 1.54) is 0 Å². The number of pyridine rings is 1. The number of carbonyl (C=O) groups excluding carboxylic acids is 1. The minimum atomic E-state index is -0.283. The van der Waals surface area contributed by atoms with Crippen molar-refractivity contribution < 1.29 is 9.90 Å². The normalized spacial score (nSPS) is 11.6. The Balaban J connectivity index is 1.61. The van der Waals surface area contributed by atoms with E-state index in [1.807, 2.05) is 54.6 Å². The van der Waals surface area contributed by atoms with Crippen LogP contribution in [0.15, 0.2) is 79.1 Å². The van der Waals surface area contributed by atoms with Crippen molar-refractivity contribution in [2.24, 2.45) is 0 Å². The summed E-state index contributed by atoms with van der Waals surface area (Å²) in [6, 6.07) is 20.6. The summed E-state index contributed by atoms with van der Waals surface area (Å²) in [6.07, 6.45) is 4.05. The van der Waals surface area contributed by atoms with Gasteiger partial charge in [-0.2, -0.15) is 0 Å². The van der Waals surface area contributed by atoms with Crippen LogP contribution >= 0.6 is 0 Å². The van der Waals surface area contributed by atoms with Gasteiger partial charge in [-0.1, -0.05) is 42.5 Å². The van der Waals surface area contributed by atoms with Crippen molar-refractivity contribution in [2.45, 2.75) is 12.3 Å². The van der Waals surface area contributed by atoms with E-state index >= 15 is 0 Å². The highest BCUT2D eigenvalue weighted by molar-refractivity contribution is 5.84. The molecule has 0 saturated carbocycles. The summed E-state index contributed by atoms with van der Waals surface area (Å²) in [5.74, 6) is -0.0719. The number of hydrogen-bond donors (Lipinski definition) is 3. The van der Waals surface area contributed by atoms with Crippen LogP contribution in [0.2, 0.25) is 0 Å². The molecular formula is C22H23N3O2. The summed E-state index contributed by atoms with van der Waals surface area (Å²) in [5.41, 5.74) is 2.91. The maximum Gasteiger partial charge on any atom is 0.227 e. The Bertz CT molecular complexity index is 836. The summed E-state index contributed by atoms with van der Waals surface area (Å²) in [6.45, 7) is 1.14. The van der Waals surface area contributed by atoms with Crippen LogP contribution in [0.25, 0.3) is 0 Å². The van der Waals surface area contributed by atoms with Gasteiger partial charge in [0.05, 0.1) is 11.6 Å². The zero-order chi connectivity index (χ0) is 18.9. The number of nitrogens with zero attached hydrogens (tertiary/aromatic N) is 1. The number of phenols is 1. The number of phenolic OH excluding ortho intramolecular Hbond substituents is 1. The first kappa shape index (κ1) is 18.5. The largest absolute Gasteiger partial charge is 0.508 e. The van der Waals surface area contributed by atoms with Crippen LogP contribution in [0.3, 0.4) is 0 Å². The first-order valence-electron chi connectivity index (χ1n) is 8.97. The van der Waals surface area contributed by atoms with Crippen LogP contribution in [0, 0.1) is 0 Å². The monoisotopic (exact) mass is 361 g/mol. The molecule has 1 aromatic heterocycles. The second-order valence-corrected chi connectivity index (χ2v) is 6.29. The predicted molar refractivity (Wildman–Crippen MR) is 107 cm³/mol. The van der Waals surface area contributed by atoms with E-state index in [2.05, 4.69) is 15.6 Å². The van der Waals surface area contributed by atoms with E-state index in [9.17, 15) is 9.90 Å². The van der Waals surface area contributed by atoms with E-state index in [-0.39, 0.29) is 17.6 Å². The van der Waals surface area contributed by atoms with E-state index in [0.29, 0.717) is 19.5 Å². The molecule has 27 heavy (non-hydrogen) atoms. The van der Waals surface area contributed by atoms with Gasteiger partial charge >= 0.3 is 0 Å². The van der Waals surface area contributed by atoms with Gasteiger partial charge < -0.3 is 15.7 Å². The Hall–Kier alpha value is -3.34. The van der Waals surface area contributed by atoms with E-state index in [1.54, 1.807) is 24.5 Å². The second kappa shape index (κ2) is 9.38. The fraction of sp³-hybridized carbons (Fsp3) is 0.182. The van der Waals surface area contributed by atoms with Gasteiger partial charge in [0.2, 0.25) is 5.91 Å². The second-order valence-electron chi connectivity index (χ2n) is 6.29. The Morgan fingerprint density at radius 1 is 0.963 bits per heavy atom. The number of benzene rings is 2. The molecule has 3 N–H and O–H groups in total. The third-order valence-corrected chi connectivity index (χ3v) is 4.31. The summed E-state index contributed by atoms with van der Waals surface area (Å²) < 4.78 is 0. The van der Waals surface area contributed by atoms with Gasteiger partial charge in [0.25, 0.3) is 0 Å². The molecule has 1 amide bonds. The molecule has 138 valence electrons. The van der Waals surface area contributed by atoms with Crippen LogP contribution in [-0.2, 0) is 11.2 Å². The fourth-order valence-corrected chi connectivity index (χ4v) is 2.90. The Morgan fingerprint density at radius 3 is 2.44 bits per heavy atom. The lowest BCUT2D eigenvalue weighted by molar-refractivity contribution is -0.122. The van der Waals surface area contributed by atoms with Crippen LogP contribution in [0.5, 0.6) is 5.75 Å². The zero-order valence-electron chi connectivity index (χ0n) is 15.0. The molecule has 1 atom stereocenters. The lowest BCUT2D eigenvalue weighted by atomic mass is 9.91. The number of hydrogen-bond acceptors (Lipinski definition) is 4. The molecule has 0 bridgehead atoms. The first-order valence-corrected chi connectivity index (χ1v) is 8.97. The summed E-state index contributed by atoms with van der Waals surface area (Å²) in [7, 11) is 0. The molecule has 0 spiro atoms. The van der Waals surface area contributed by atoms with Gasteiger partial charge in [0.15, 0.2) is 0 Å². The number of anilines is 1. The summed E-state index contributed by atoms with van der Waals surface area (Å²) in [5, 5.41) is 15.7. The smallest absolute Gasteiger partial charge is 0.227 e. The van der Waals surface area contributed by atoms with Crippen LogP contribution in [-0.4, -0.2) is 29.1 Å². The van der Waals surface area contributed by atoms with Gasteiger partial charge in [0.1, 0.15) is 5.75 Å². The molecule has 2 aromatic carbocycles. The molecule has 0 saturated heterocycles. The number of amides is 1. The molecule has 0 aliphatic rings. The third-order valence-electron chi connectivity index (χ3n) is 4.31. The van der Waals surface area contributed by atoms with Gasteiger partial charge in [-0.3, -0.25) is 9.78 Å². The molecule has 3 aromatic rings. The van der Waals surface area contributed by atoms with Gasteiger partial charge in [-0.05, 0) is 41.8 Å². The third kappa shape index (κ3) is 5.57. The van der Waals surface area contributed by atoms with Crippen LogP contribution < -0.4 is 10.6 Å².